The third-order valence-electron chi connectivity index (χ3n) is 9.78. The number of ether oxygens (including phenoxy) is 1. The maximum Gasteiger partial charge on any atom is 0.345 e. The maximum atomic E-state index is 12.3. The van der Waals surface area contributed by atoms with Crippen LogP contribution in [0.3, 0.4) is 0 Å². The molecule has 0 aliphatic carbocycles. The van der Waals surface area contributed by atoms with Gasteiger partial charge in [0.1, 0.15) is 0 Å². The van der Waals surface area contributed by atoms with Crippen LogP contribution in [-0.2, 0) is 14.3 Å². The first-order valence-electron chi connectivity index (χ1n) is 22.3. The zero-order valence-electron chi connectivity index (χ0n) is 34.4. The Balaban J connectivity index is 3.58. The lowest BCUT2D eigenvalue weighted by molar-refractivity contribution is -0.164. The van der Waals surface area contributed by atoms with Crippen LogP contribution in [0.25, 0.3) is 0 Å². The summed E-state index contributed by atoms with van der Waals surface area (Å²) in [4.78, 5) is 23.9. The molecule has 0 aromatic heterocycles. The molecular formula is C48H84O4. The lowest BCUT2D eigenvalue weighted by atomic mass is 10.0. The summed E-state index contributed by atoms with van der Waals surface area (Å²) >= 11 is 0. The SMILES string of the molecule is CC/C=C\C/C=C\C/C=C\C/C=C\C/C=C\CCCCCCCC(=O)OC(CCCCCCCCCCCCCCCCCCCCCC)C(=O)O. The standard InChI is InChI=1S/C48H84O4/c1-3-5-7-9-11-13-15-17-19-21-23-25-27-29-31-33-35-37-39-41-43-45-47(49)52-46(48(50)51)44-42-40-38-36-34-32-30-28-26-24-22-20-18-16-14-12-10-8-6-4-2/h5,7,11,13,17,19,23,25,29,31,46H,3-4,6,8-10,12,14-16,18,20-22,24,26-28,30,32-45H2,1-2H3,(H,50,51)/b7-5-,13-11-,19-17-,25-23-,31-29-. The molecule has 0 radical (unpaired) electrons. The molecule has 0 saturated heterocycles. The zero-order valence-corrected chi connectivity index (χ0v) is 34.4. The van der Waals surface area contributed by atoms with Crippen molar-refractivity contribution in [3.63, 3.8) is 0 Å². The van der Waals surface area contributed by atoms with E-state index in [1.807, 2.05) is 0 Å². The largest absolute Gasteiger partial charge is 0.479 e. The second-order valence-electron chi connectivity index (χ2n) is 14.8. The first-order valence-corrected chi connectivity index (χ1v) is 22.3. The number of carbonyl (C=O) groups is 2. The molecule has 300 valence electrons. The van der Waals surface area contributed by atoms with E-state index in [0.717, 1.165) is 89.9 Å². The molecular weight excluding hydrogens is 641 g/mol. The third-order valence-corrected chi connectivity index (χ3v) is 9.78. The Morgan fingerprint density at radius 2 is 0.788 bits per heavy atom. The Morgan fingerprint density at radius 1 is 0.442 bits per heavy atom. The summed E-state index contributed by atoms with van der Waals surface area (Å²) in [5, 5.41) is 9.53. The van der Waals surface area contributed by atoms with Crippen molar-refractivity contribution in [1.29, 1.82) is 0 Å². The van der Waals surface area contributed by atoms with Crippen molar-refractivity contribution >= 4 is 11.9 Å². The van der Waals surface area contributed by atoms with Crippen LogP contribution < -0.4 is 0 Å². The molecule has 52 heavy (non-hydrogen) atoms. The number of unbranched alkanes of at least 4 members (excludes halogenated alkanes) is 24. The number of carboxylic acids is 1. The van der Waals surface area contributed by atoms with Crippen LogP contribution in [0.15, 0.2) is 60.8 Å². The van der Waals surface area contributed by atoms with Gasteiger partial charge in [0.2, 0.25) is 0 Å². The van der Waals surface area contributed by atoms with Gasteiger partial charge in [-0.3, -0.25) is 4.79 Å². The fraction of sp³-hybridized carbons (Fsp3) is 0.750. The minimum atomic E-state index is -1.01. The van der Waals surface area contributed by atoms with Crippen molar-refractivity contribution in [2.24, 2.45) is 0 Å². The van der Waals surface area contributed by atoms with Crippen LogP contribution in [0, 0.1) is 0 Å². The molecule has 0 spiro atoms. The summed E-state index contributed by atoms with van der Waals surface area (Å²) in [6.07, 6.45) is 59.8. The van der Waals surface area contributed by atoms with E-state index < -0.39 is 12.1 Å². The van der Waals surface area contributed by atoms with Crippen molar-refractivity contribution < 1.29 is 19.4 Å². The van der Waals surface area contributed by atoms with E-state index in [0.29, 0.717) is 12.8 Å². The second-order valence-corrected chi connectivity index (χ2v) is 14.8. The number of carbonyl (C=O) groups excluding carboxylic acids is 1. The molecule has 1 N–H and O–H groups in total. The van der Waals surface area contributed by atoms with Crippen LogP contribution in [0.2, 0.25) is 0 Å². The van der Waals surface area contributed by atoms with E-state index in [2.05, 4.69) is 74.6 Å². The summed E-state index contributed by atoms with van der Waals surface area (Å²) < 4.78 is 5.33. The number of rotatable bonds is 40. The van der Waals surface area contributed by atoms with Crippen LogP contribution in [-0.4, -0.2) is 23.1 Å². The number of hydrogen-bond acceptors (Lipinski definition) is 3. The quantitative estimate of drug-likeness (QED) is 0.0388. The molecule has 4 heteroatoms. The normalized spacial score (nSPS) is 12.8. The molecule has 0 fully saturated rings. The predicted octanol–water partition coefficient (Wildman–Crippen LogP) is 15.7. The van der Waals surface area contributed by atoms with Gasteiger partial charge in [0.05, 0.1) is 0 Å². The molecule has 0 saturated carbocycles. The highest BCUT2D eigenvalue weighted by Gasteiger charge is 2.21. The van der Waals surface area contributed by atoms with Crippen LogP contribution in [0.4, 0.5) is 0 Å². The molecule has 0 aromatic rings. The lowest BCUT2D eigenvalue weighted by Gasteiger charge is -2.13. The van der Waals surface area contributed by atoms with Crippen molar-refractivity contribution in [1.82, 2.24) is 0 Å². The molecule has 0 aromatic carbocycles. The second kappa shape index (κ2) is 43.0. The van der Waals surface area contributed by atoms with Gasteiger partial charge < -0.3 is 9.84 Å². The Labute approximate surface area is 323 Å². The first kappa shape index (κ1) is 49.6. The van der Waals surface area contributed by atoms with Gasteiger partial charge in [0.15, 0.2) is 6.10 Å². The van der Waals surface area contributed by atoms with Crippen molar-refractivity contribution in [3.8, 4) is 0 Å². The van der Waals surface area contributed by atoms with Crippen molar-refractivity contribution in [2.45, 2.75) is 232 Å². The fourth-order valence-corrected chi connectivity index (χ4v) is 6.47. The number of hydrogen-bond donors (Lipinski definition) is 1. The Hall–Kier alpha value is -2.36. The van der Waals surface area contributed by atoms with E-state index in [1.165, 1.54) is 109 Å². The summed E-state index contributed by atoms with van der Waals surface area (Å²) in [6, 6.07) is 0. The van der Waals surface area contributed by atoms with Crippen LogP contribution >= 0.6 is 0 Å². The summed E-state index contributed by atoms with van der Waals surface area (Å²) in [5.41, 5.74) is 0. The van der Waals surface area contributed by atoms with Gasteiger partial charge in [-0.05, 0) is 64.2 Å². The summed E-state index contributed by atoms with van der Waals surface area (Å²) in [5.74, 6) is -1.37. The Kier molecular flexibility index (Phi) is 41.1. The highest BCUT2D eigenvalue weighted by atomic mass is 16.6. The number of carboxylic acid groups (broad SMARTS) is 1. The minimum absolute atomic E-state index is 0.317. The molecule has 0 aliphatic heterocycles. The minimum Gasteiger partial charge on any atom is -0.479 e. The van der Waals surface area contributed by atoms with Crippen molar-refractivity contribution in [3.05, 3.63) is 60.8 Å². The van der Waals surface area contributed by atoms with Gasteiger partial charge in [0.25, 0.3) is 0 Å². The number of allylic oxidation sites excluding steroid dienone is 10. The highest BCUT2D eigenvalue weighted by molar-refractivity contribution is 5.77. The van der Waals surface area contributed by atoms with E-state index in [4.69, 9.17) is 4.74 Å². The average Bonchev–Trinajstić information content (AvgIpc) is 3.14. The maximum absolute atomic E-state index is 12.3. The molecule has 1 atom stereocenters. The Bertz CT molecular complexity index is 911. The first-order chi connectivity index (χ1) is 25.6. The van der Waals surface area contributed by atoms with E-state index in [9.17, 15) is 14.7 Å². The molecule has 0 bridgehead atoms. The monoisotopic (exact) mass is 725 g/mol. The van der Waals surface area contributed by atoms with Gasteiger partial charge >= 0.3 is 11.9 Å². The third kappa shape index (κ3) is 40.4. The van der Waals surface area contributed by atoms with Crippen LogP contribution in [0.1, 0.15) is 226 Å². The fourth-order valence-electron chi connectivity index (χ4n) is 6.47. The van der Waals surface area contributed by atoms with Gasteiger partial charge in [-0.25, -0.2) is 4.79 Å². The van der Waals surface area contributed by atoms with Gasteiger partial charge in [-0.15, -0.1) is 0 Å². The summed E-state index contributed by atoms with van der Waals surface area (Å²) in [7, 11) is 0. The van der Waals surface area contributed by atoms with Gasteiger partial charge in [-0.1, -0.05) is 216 Å². The summed E-state index contributed by atoms with van der Waals surface area (Å²) in [6.45, 7) is 4.44. The molecule has 0 aliphatic rings. The lowest BCUT2D eigenvalue weighted by Crippen LogP contribution is -2.27. The topological polar surface area (TPSA) is 63.6 Å². The zero-order chi connectivity index (χ0) is 37.8. The van der Waals surface area contributed by atoms with Gasteiger partial charge in [-0.2, -0.15) is 0 Å². The average molecular weight is 725 g/mol. The molecule has 0 amide bonds. The van der Waals surface area contributed by atoms with E-state index in [-0.39, 0.29) is 5.97 Å². The predicted molar refractivity (Wildman–Crippen MR) is 227 cm³/mol. The number of esters is 1. The van der Waals surface area contributed by atoms with Crippen LogP contribution in [0.5, 0.6) is 0 Å². The Morgan fingerprint density at radius 3 is 1.19 bits per heavy atom. The highest BCUT2D eigenvalue weighted by Crippen LogP contribution is 2.16. The smallest absolute Gasteiger partial charge is 0.345 e. The van der Waals surface area contributed by atoms with Crippen molar-refractivity contribution in [2.75, 3.05) is 0 Å². The molecule has 0 rings (SSSR count). The number of aliphatic carboxylic acids is 1. The van der Waals surface area contributed by atoms with Gasteiger partial charge in [0, 0.05) is 6.42 Å². The molecule has 4 nitrogen and oxygen atoms in total. The molecule has 1 unspecified atom stereocenters. The molecule has 0 heterocycles. The van der Waals surface area contributed by atoms with E-state index in [1.54, 1.807) is 0 Å². The van der Waals surface area contributed by atoms with E-state index >= 15 is 0 Å².